The van der Waals surface area contributed by atoms with Crippen molar-refractivity contribution in [2.24, 2.45) is 0 Å². The second kappa shape index (κ2) is 11.2. The Hall–Kier alpha value is 0.560. The van der Waals surface area contributed by atoms with Gasteiger partial charge in [-0.3, -0.25) is 4.39 Å². The molecule has 0 aromatic carbocycles. The fraction of sp³-hybridized carbons (Fsp3) is 1.00. The van der Waals surface area contributed by atoms with Gasteiger partial charge in [-0.15, -0.1) is 0 Å². The molecule has 10 heteroatoms. The molecule has 0 aromatic heterocycles. The van der Waals surface area contributed by atoms with E-state index in [1.807, 2.05) is 0 Å². The third kappa shape index (κ3) is 10.3. The maximum absolute atomic E-state index is 13.2. The van der Waals surface area contributed by atoms with E-state index in [1.54, 1.807) is 0 Å². The van der Waals surface area contributed by atoms with Crippen LogP contribution >= 0.6 is 0 Å². The molecule has 0 bridgehead atoms. The van der Waals surface area contributed by atoms with Crippen molar-refractivity contribution in [2.45, 2.75) is 50.4 Å². The van der Waals surface area contributed by atoms with Gasteiger partial charge in [-0.25, -0.2) is 26.0 Å². The molecule has 116 valence electrons. The number of hydrogen-bond donors (Lipinski definition) is 0. The van der Waals surface area contributed by atoms with Crippen molar-refractivity contribution in [3.63, 3.8) is 0 Å². The van der Waals surface area contributed by atoms with E-state index in [-0.39, 0.29) is 48.8 Å². The number of hydrogen-bond acceptors (Lipinski definition) is 3. The fourth-order valence-corrected chi connectivity index (χ4v) is 2.03. The molecule has 20 heavy (non-hydrogen) atoms. The molecule has 0 rings (SSSR count). The number of alkyl halides is 5. The Labute approximate surface area is 137 Å². The first-order valence-corrected chi connectivity index (χ1v) is 7.32. The molecule has 0 radical (unpaired) electrons. The Morgan fingerprint density at radius 2 is 1.40 bits per heavy atom. The normalized spacial score (nSPS) is 17.9. The van der Waals surface area contributed by atoms with Crippen molar-refractivity contribution in [1.29, 1.82) is 0 Å². The van der Waals surface area contributed by atoms with Gasteiger partial charge < -0.3 is 4.55 Å². The van der Waals surface area contributed by atoms with E-state index in [0.717, 1.165) is 0 Å². The summed E-state index contributed by atoms with van der Waals surface area (Å²) in [5.74, 6) is -1.73. The molecule has 4 unspecified atom stereocenters. The second-order valence-electron chi connectivity index (χ2n) is 4.18. The van der Waals surface area contributed by atoms with Crippen LogP contribution in [-0.4, -0.2) is 50.1 Å². The SMILES string of the molecule is O=S(=O)([O-])CC(F)C(F)C(F)C(F)CCCCCF.[Na+]. The van der Waals surface area contributed by atoms with Crippen LogP contribution in [0.4, 0.5) is 22.0 Å². The van der Waals surface area contributed by atoms with Gasteiger partial charge >= 0.3 is 29.6 Å². The smallest absolute Gasteiger partial charge is 0.748 e. The van der Waals surface area contributed by atoms with Gasteiger partial charge in [-0.2, -0.15) is 0 Å². The molecule has 0 aliphatic rings. The van der Waals surface area contributed by atoms with Gasteiger partial charge in [0.2, 0.25) is 0 Å². The maximum Gasteiger partial charge on any atom is 1.00 e. The average molecular weight is 334 g/mol. The van der Waals surface area contributed by atoms with Crippen molar-refractivity contribution < 1.29 is 64.5 Å². The molecule has 0 saturated heterocycles. The summed E-state index contributed by atoms with van der Waals surface area (Å²) in [7, 11) is -5.05. The molecule has 0 amide bonds. The van der Waals surface area contributed by atoms with Crippen LogP contribution in [0.25, 0.3) is 0 Å². The maximum atomic E-state index is 13.2. The van der Waals surface area contributed by atoms with E-state index in [0.29, 0.717) is 0 Å². The predicted molar refractivity (Wildman–Crippen MR) is 58.6 cm³/mol. The first-order chi connectivity index (χ1) is 8.69. The van der Waals surface area contributed by atoms with Crippen molar-refractivity contribution >= 4 is 10.1 Å². The number of unbranched alkanes of at least 4 members (excludes halogenated alkanes) is 2. The summed E-state index contributed by atoms with van der Waals surface area (Å²) in [5, 5.41) is 0. The van der Waals surface area contributed by atoms with E-state index in [2.05, 4.69) is 0 Å². The van der Waals surface area contributed by atoms with Crippen LogP contribution in [0.1, 0.15) is 25.7 Å². The molecular weight excluding hydrogens is 318 g/mol. The van der Waals surface area contributed by atoms with Gasteiger partial charge in [-0.05, 0) is 12.8 Å². The Balaban J connectivity index is 0. The summed E-state index contributed by atoms with van der Waals surface area (Å²) in [5.41, 5.74) is 0. The Morgan fingerprint density at radius 3 is 1.85 bits per heavy atom. The first-order valence-electron chi connectivity index (χ1n) is 5.75. The molecular formula is C10H16F5NaO3S. The van der Waals surface area contributed by atoms with Crippen molar-refractivity contribution in [3.8, 4) is 0 Å². The van der Waals surface area contributed by atoms with E-state index in [1.165, 1.54) is 0 Å². The molecule has 0 aliphatic heterocycles. The number of rotatable bonds is 10. The van der Waals surface area contributed by atoms with Crippen LogP contribution in [-0.2, 0) is 10.1 Å². The topological polar surface area (TPSA) is 57.2 Å². The van der Waals surface area contributed by atoms with E-state index in [9.17, 15) is 34.9 Å². The average Bonchev–Trinajstić information content (AvgIpc) is 2.30. The fourth-order valence-electron chi connectivity index (χ4n) is 1.46. The molecule has 0 saturated carbocycles. The molecule has 4 atom stereocenters. The van der Waals surface area contributed by atoms with Crippen LogP contribution in [0.5, 0.6) is 0 Å². The van der Waals surface area contributed by atoms with Crippen molar-refractivity contribution in [3.05, 3.63) is 0 Å². The first kappa shape index (κ1) is 22.8. The molecule has 0 aromatic rings. The summed E-state index contributed by atoms with van der Waals surface area (Å²) in [6, 6.07) is 0. The van der Waals surface area contributed by atoms with Crippen LogP contribution < -0.4 is 29.6 Å². The van der Waals surface area contributed by atoms with Gasteiger partial charge in [0, 0.05) is 0 Å². The largest absolute Gasteiger partial charge is 1.00 e. The Morgan fingerprint density at radius 1 is 0.900 bits per heavy atom. The molecule has 3 nitrogen and oxygen atoms in total. The summed E-state index contributed by atoms with van der Waals surface area (Å²) in [4.78, 5) is 0. The predicted octanol–water partition coefficient (Wildman–Crippen LogP) is -0.582. The van der Waals surface area contributed by atoms with Crippen LogP contribution in [0.2, 0.25) is 0 Å². The Kier molecular flexibility index (Phi) is 12.8. The van der Waals surface area contributed by atoms with Gasteiger partial charge in [0.05, 0.1) is 22.5 Å². The molecule has 0 heterocycles. The number of halogens is 5. The van der Waals surface area contributed by atoms with E-state index in [4.69, 9.17) is 0 Å². The van der Waals surface area contributed by atoms with Crippen molar-refractivity contribution in [2.75, 3.05) is 12.4 Å². The summed E-state index contributed by atoms with van der Waals surface area (Å²) in [6.07, 6.45) is -10.9. The zero-order valence-corrected chi connectivity index (χ0v) is 13.9. The van der Waals surface area contributed by atoms with Crippen LogP contribution in [0, 0.1) is 0 Å². The van der Waals surface area contributed by atoms with E-state index >= 15 is 0 Å². The molecule has 0 fully saturated rings. The summed E-state index contributed by atoms with van der Waals surface area (Å²) >= 11 is 0. The van der Waals surface area contributed by atoms with Gasteiger partial charge in [0.25, 0.3) is 0 Å². The van der Waals surface area contributed by atoms with Crippen LogP contribution in [0.3, 0.4) is 0 Å². The van der Waals surface area contributed by atoms with Crippen molar-refractivity contribution in [1.82, 2.24) is 0 Å². The quantitative estimate of drug-likeness (QED) is 0.232. The summed E-state index contributed by atoms with van der Waals surface area (Å²) < 4.78 is 94.6. The minimum atomic E-state index is -5.05. The summed E-state index contributed by atoms with van der Waals surface area (Å²) in [6.45, 7) is -0.602. The minimum absolute atomic E-state index is 0. The standard InChI is InChI=1S/C10H17F5O3S.Na/c11-5-3-1-2-4-7(12)9(14)10(15)8(13)6-19(16,17)18;/h7-10H,1-6H2,(H,16,17,18);/q;+1/p-1. The second-order valence-corrected chi connectivity index (χ2v) is 5.63. The van der Waals surface area contributed by atoms with E-state index < -0.39 is 53.7 Å². The third-order valence-corrected chi connectivity index (χ3v) is 3.20. The minimum Gasteiger partial charge on any atom is -0.748 e. The monoisotopic (exact) mass is 334 g/mol. The zero-order valence-electron chi connectivity index (χ0n) is 11.1. The Bertz CT molecular complexity index is 344. The van der Waals surface area contributed by atoms with Gasteiger partial charge in [0.1, 0.15) is 12.3 Å². The van der Waals surface area contributed by atoms with Gasteiger partial charge in [-0.1, -0.05) is 12.8 Å². The zero-order chi connectivity index (χ0) is 15.1. The molecule has 0 spiro atoms. The van der Waals surface area contributed by atoms with Crippen LogP contribution in [0.15, 0.2) is 0 Å². The molecule has 0 aliphatic carbocycles. The molecule has 0 N–H and O–H groups in total. The van der Waals surface area contributed by atoms with Gasteiger partial charge in [0.15, 0.2) is 12.3 Å². The third-order valence-electron chi connectivity index (χ3n) is 2.47.